The van der Waals surface area contributed by atoms with Crippen molar-refractivity contribution in [2.45, 2.75) is 87.6 Å². The number of hydrogen-bond donors (Lipinski definition) is 5. The fourth-order valence-corrected chi connectivity index (χ4v) is 10.4. The van der Waals surface area contributed by atoms with Gasteiger partial charge in [0.05, 0.1) is 22.7 Å². The molecule has 1 saturated heterocycles. The molecule has 0 aromatic heterocycles. The summed E-state index contributed by atoms with van der Waals surface area (Å²) in [4.78, 5) is 62.5. The number of piperidine rings is 1. The van der Waals surface area contributed by atoms with Crippen LogP contribution in [0.2, 0.25) is 0 Å². The van der Waals surface area contributed by atoms with E-state index in [2.05, 4.69) is 25.2 Å². The number of amides is 2. The van der Waals surface area contributed by atoms with Gasteiger partial charge in [-0.15, -0.1) is 0 Å². The van der Waals surface area contributed by atoms with E-state index < -0.39 is 33.8 Å². The van der Waals surface area contributed by atoms with E-state index in [1.165, 1.54) is 12.1 Å². The zero-order valence-electron chi connectivity index (χ0n) is 32.9. The first-order valence-electron chi connectivity index (χ1n) is 20.3. The van der Waals surface area contributed by atoms with Crippen molar-refractivity contribution < 1.29 is 41.6 Å². The Hall–Kier alpha value is -5.61. The minimum Gasteiger partial charge on any atom is -0.373 e. The van der Waals surface area contributed by atoms with Gasteiger partial charge in [-0.3, -0.25) is 14.4 Å². The van der Waals surface area contributed by atoms with Gasteiger partial charge in [0.2, 0.25) is 0 Å². The van der Waals surface area contributed by atoms with Crippen molar-refractivity contribution in [3.63, 3.8) is 0 Å². The molecule has 4 aromatic rings. The predicted octanol–water partition coefficient (Wildman–Crippen LogP) is 4.71. The summed E-state index contributed by atoms with van der Waals surface area (Å²) in [5.74, 6) is 7.72. The third-order valence-corrected chi connectivity index (χ3v) is 13.9. The van der Waals surface area contributed by atoms with E-state index in [9.17, 15) is 27.6 Å². The maximum Gasteiger partial charge on any atom is 0.356 e. The highest BCUT2D eigenvalue weighted by molar-refractivity contribution is 7.85. The monoisotopic (exact) mass is 823 g/mol. The van der Waals surface area contributed by atoms with Gasteiger partial charge in [0.1, 0.15) is 17.0 Å². The Morgan fingerprint density at radius 2 is 1.31 bits per heavy atom. The number of sulfonamides is 1. The number of carbonyl (C=O) groups is 4. The van der Waals surface area contributed by atoms with Gasteiger partial charge in [0, 0.05) is 55.7 Å². The van der Waals surface area contributed by atoms with Crippen LogP contribution >= 0.6 is 0 Å². The molecule has 2 amide bonds. The van der Waals surface area contributed by atoms with Crippen LogP contribution in [0.3, 0.4) is 0 Å². The maximum atomic E-state index is 14.2. The first-order chi connectivity index (χ1) is 28.5. The van der Waals surface area contributed by atoms with Crippen molar-refractivity contribution in [2.24, 2.45) is 17.7 Å². The molecule has 7 rings (SSSR count). The Morgan fingerprint density at radius 1 is 0.678 bits per heavy atom. The molecular weight excluding hydrogens is 773 g/mol. The topological polar surface area (TPSA) is 205 Å². The molecule has 0 bridgehead atoms. The van der Waals surface area contributed by atoms with Gasteiger partial charge < -0.3 is 25.2 Å². The van der Waals surface area contributed by atoms with Gasteiger partial charge in [0.25, 0.3) is 11.8 Å². The van der Waals surface area contributed by atoms with E-state index in [0.29, 0.717) is 46.9 Å². The smallest absolute Gasteiger partial charge is 0.356 e. The van der Waals surface area contributed by atoms with Crippen LogP contribution in [0.1, 0.15) is 100.0 Å². The molecule has 3 fully saturated rings. The van der Waals surface area contributed by atoms with Gasteiger partial charge in [-0.05, 0) is 117 Å². The number of rotatable bonds is 14. The molecule has 1 aliphatic heterocycles. The lowest BCUT2D eigenvalue weighted by Crippen LogP contribution is -3.18. The number of carbonyl (C=O) groups excluding carboxylic acids is 4. The summed E-state index contributed by atoms with van der Waals surface area (Å²) in [5.41, 5.74) is 4.65. The summed E-state index contributed by atoms with van der Waals surface area (Å²) in [6.45, 7) is 1.73. The number of hydrogen-bond acceptors (Lipinski definition) is 11. The molecule has 0 radical (unpaired) electrons. The molecule has 1 unspecified atom stereocenters. The molecule has 2 aliphatic carbocycles. The summed E-state index contributed by atoms with van der Waals surface area (Å²) in [5, 5.41) is 5.89. The Kier molecular flexibility index (Phi) is 13.1. The van der Waals surface area contributed by atoms with E-state index in [1.54, 1.807) is 36.4 Å². The van der Waals surface area contributed by atoms with Gasteiger partial charge in [-0.2, -0.15) is 20.2 Å². The molecule has 7 N–H and O–H groups in total. The molecule has 2 saturated carbocycles. The number of nitrogens with zero attached hydrogens (tertiary/aromatic N) is 1. The fraction of sp³-hybridized carbons (Fsp3) is 0.364. The van der Waals surface area contributed by atoms with E-state index in [4.69, 9.17) is 11.8 Å². The zero-order valence-corrected chi connectivity index (χ0v) is 33.7. The average molecular weight is 824 g/mol. The third kappa shape index (κ3) is 9.99. The van der Waals surface area contributed by atoms with Crippen molar-refractivity contribution in [3.8, 4) is 0 Å². The largest absolute Gasteiger partial charge is 0.373 e. The minimum absolute atomic E-state index is 0.0457. The Bertz CT molecular complexity index is 2270. The predicted molar refractivity (Wildman–Crippen MR) is 222 cm³/mol. The van der Waals surface area contributed by atoms with Crippen molar-refractivity contribution in [1.29, 1.82) is 0 Å². The number of anilines is 3. The van der Waals surface area contributed by atoms with Crippen LogP contribution in [0.15, 0.2) is 95.9 Å². The third-order valence-electron chi connectivity index (χ3n) is 11.7. The quantitative estimate of drug-likeness (QED) is 0.110. The lowest BCUT2D eigenvalue weighted by atomic mass is 9.86. The summed E-state index contributed by atoms with van der Waals surface area (Å²) >= 11 is 0. The van der Waals surface area contributed by atoms with E-state index >= 15 is 0 Å². The second-order valence-corrected chi connectivity index (χ2v) is 17.6. The number of nitrogens with one attached hydrogen (secondary N) is 3. The van der Waals surface area contributed by atoms with Gasteiger partial charge in [-0.1, -0.05) is 30.3 Å². The Balaban J connectivity index is 1.06. The zero-order chi connectivity index (χ0) is 41.5. The van der Waals surface area contributed by atoms with Gasteiger partial charge in [0.15, 0.2) is 0 Å². The van der Waals surface area contributed by atoms with Crippen LogP contribution in [0.5, 0.6) is 0 Å². The molecule has 310 valence electrons. The SMILES string of the molecule is NOC(=O)c1ccc(CCc2ccc(NC(=O)c3cc(N4CCCCC4)ccc3NC(=O)c3cccc(S(=O)(=O)[NH+](C4CCC(C(=O)ON)CC4)C4CC4)c3)cc2)cc1. The van der Waals surface area contributed by atoms with Crippen molar-refractivity contribution in [2.75, 3.05) is 28.6 Å². The normalized spacial score (nSPS) is 18.6. The summed E-state index contributed by atoms with van der Waals surface area (Å²) < 4.78 is 28.9. The maximum absolute atomic E-state index is 14.2. The minimum atomic E-state index is -3.90. The van der Waals surface area contributed by atoms with Crippen LogP contribution in [0, 0.1) is 5.92 Å². The van der Waals surface area contributed by atoms with Crippen molar-refractivity contribution in [1.82, 2.24) is 0 Å². The highest BCUT2D eigenvalue weighted by Gasteiger charge is 2.48. The summed E-state index contributed by atoms with van der Waals surface area (Å²) in [6, 6.07) is 25.8. The Morgan fingerprint density at radius 3 is 1.92 bits per heavy atom. The van der Waals surface area contributed by atoms with Crippen molar-refractivity contribution >= 4 is 50.8 Å². The fourth-order valence-electron chi connectivity index (χ4n) is 8.28. The molecule has 4 aromatic carbocycles. The lowest BCUT2D eigenvalue weighted by molar-refractivity contribution is -0.811. The van der Waals surface area contributed by atoms with E-state index in [1.807, 2.05) is 42.5 Å². The molecule has 0 spiro atoms. The second-order valence-electron chi connectivity index (χ2n) is 15.7. The Labute approximate surface area is 344 Å². The highest BCUT2D eigenvalue weighted by Crippen LogP contribution is 2.30. The van der Waals surface area contributed by atoms with Gasteiger partial charge >= 0.3 is 22.0 Å². The van der Waals surface area contributed by atoms with Crippen LogP contribution < -0.4 is 31.6 Å². The average Bonchev–Trinajstić information content (AvgIpc) is 4.11. The van der Waals surface area contributed by atoms with Crippen molar-refractivity contribution in [3.05, 3.63) is 119 Å². The molecular formula is C44H51N6O8S+. The highest BCUT2D eigenvalue weighted by atomic mass is 32.2. The number of quaternary nitrogens is 1. The van der Waals surface area contributed by atoms with E-state index in [-0.39, 0.29) is 34.0 Å². The molecule has 1 atom stereocenters. The molecule has 1 heterocycles. The lowest BCUT2D eigenvalue weighted by Gasteiger charge is -2.32. The molecule has 15 heteroatoms. The second kappa shape index (κ2) is 18.5. The first kappa shape index (κ1) is 41.5. The standard InChI is InChI=1S/C44H50N6O8S/c45-57-43(53)31-13-9-29(10-14-31)7-8-30-11-17-34(18-12-30)47-42(52)39-28-37(49-25-2-1-3-26-49)23-24-40(39)48-41(51)33-5-4-6-38(27-33)59(55,56)50(36-21-22-36)35-19-15-32(16-20-35)44(54)58-46/h4-6,9-14,17-18,23-24,27-28,32,35-36H,1-3,7-8,15-16,19-22,25-26,45-46H2,(H,47,52)(H,48,51)/p+1. The molecule has 3 aliphatic rings. The number of benzene rings is 4. The van der Waals surface area contributed by atoms with Crippen LogP contribution in [0.4, 0.5) is 17.1 Å². The molecule has 14 nitrogen and oxygen atoms in total. The molecule has 59 heavy (non-hydrogen) atoms. The number of aryl methyl sites for hydroxylation is 2. The van der Waals surface area contributed by atoms with Crippen LogP contribution in [0.25, 0.3) is 0 Å². The summed E-state index contributed by atoms with van der Waals surface area (Å²) in [6.07, 6.45) is 8.37. The van der Waals surface area contributed by atoms with Gasteiger partial charge in [-0.25, -0.2) is 9.10 Å². The van der Waals surface area contributed by atoms with Crippen LogP contribution in [-0.2, 0) is 37.3 Å². The number of nitrogens with two attached hydrogens (primary N) is 2. The van der Waals surface area contributed by atoms with Crippen LogP contribution in [-0.4, -0.2) is 57.3 Å². The summed E-state index contributed by atoms with van der Waals surface area (Å²) in [7, 11) is -3.90. The van der Waals surface area contributed by atoms with E-state index in [0.717, 1.165) is 74.8 Å². The first-order valence-corrected chi connectivity index (χ1v) is 21.8.